The average molecular weight is 218 g/mol. The third-order valence-corrected chi connectivity index (χ3v) is 1.88. The number of benzene rings is 1. The molecule has 0 aromatic heterocycles. The molecule has 0 heterocycles. The smallest absolute Gasteiger partial charge is 0.420 e. The van der Waals surface area contributed by atoms with Gasteiger partial charge in [0.15, 0.2) is 0 Å². The van der Waals surface area contributed by atoms with Crippen molar-refractivity contribution in [1.82, 2.24) is 0 Å². The summed E-state index contributed by atoms with van der Waals surface area (Å²) in [5, 5.41) is 0. The summed E-state index contributed by atoms with van der Waals surface area (Å²) in [5.41, 5.74) is -0.501. The second-order valence-electron chi connectivity index (χ2n) is 3.61. The molecule has 0 unspecified atom stereocenters. The molecule has 0 atom stereocenters. The number of rotatable bonds is 2. The highest BCUT2D eigenvalue weighted by Gasteiger charge is 2.36. The lowest BCUT2D eigenvalue weighted by atomic mass is 10.1. The highest BCUT2D eigenvalue weighted by Crippen LogP contribution is 2.38. The van der Waals surface area contributed by atoms with Crippen molar-refractivity contribution in [3.8, 4) is 5.75 Å². The van der Waals surface area contributed by atoms with Crippen molar-refractivity contribution in [3.05, 3.63) is 29.3 Å². The molecular formula is C11H13F3O. The van der Waals surface area contributed by atoms with Crippen LogP contribution in [-0.2, 0) is 6.18 Å². The van der Waals surface area contributed by atoms with Gasteiger partial charge in [0.25, 0.3) is 0 Å². The number of aryl methyl sites for hydroxylation is 1. The van der Waals surface area contributed by atoms with Crippen molar-refractivity contribution < 1.29 is 17.9 Å². The molecule has 0 saturated heterocycles. The molecule has 0 radical (unpaired) electrons. The van der Waals surface area contributed by atoms with Gasteiger partial charge in [0.1, 0.15) is 11.3 Å². The van der Waals surface area contributed by atoms with Crippen molar-refractivity contribution in [2.75, 3.05) is 0 Å². The number of halogens is 3. The summed E-state index contributed by atoms with van der Waals surface area (Å²) in [6.07, 6.45) is -4.64. The minimum Gasteiger partial charge on any atom is -0.490 e. The molecule has 1 aromatic rings. The first-order valence-corrected chi connectivity index (χ1v) is 4.66. The quantitative estimate of drug-likeness (QED) is 0.733. The van der Waals surface area contributed by atoms with Crippen molar-refractivity contribution in [2.45, 2.75) is 33.1 Å². The molecule has 0 aliphatic heterocycles. The molecular weight excluding hydrogens is 205 g/mol. The standard InChI is InChI=1S/C11H13F3O/c1-7(2)15-9-6-4-5-8(3)10(9)11(12,13)14/h4-7H,1-3H3. The molecule has 0 saturated carbocycles. The predicted octanol–water partition coefficient (Wildman–Crippen LogP) is 3.80. The molecule has 15 heavy (non-hydrogen) atoms. The van der Waals surface area contributed by atoms with E-state index >= 15 is 0 Å². The van der Waals surface area contributed by atoms with E-state index in [0.29, 0.717) is 0 Å². The van der Waals surface area contributed by atoms with Crippen molar-refractivity contribution in [3.63, 3.8) is 0 Å². The van der Waals surface area contributed by atoms with E-state index < -0.39 is 11.7 Å². The van der Waals surface area contributed by atoms with E-state index in [-0.39, 0.29) is 17.4 Å². The van der Waals surface area contributed by atoms with Crippen molar-refractivity contribution in [1.29, 1.82) is 0 Å². The normalized spacial score (nSPS) is 11.9. The number of hydrogen-bond acceptors (Lipinski definition) is 1. The van der Waals surface area contributed by atoms with Crippen LogP contribution >= 0.6 is 0 Å². The van der Waals surface area contributed by atoms with Gasteiger partial charge >= 0.3 is 6.18 Å². The fourth-order valence-electron chi connectivity index (χ4n) is 1.36. The largest absolute Gasteiger partial charge is 0.490 e. The molecule has 0 spiro atoms. The van der Waals surface area contributed by atoms with Crippen LogP contribution < -0.4 is 4.74 Å². The second kappa shape index (κ2) is 4.13. The maximum atomic E-state index is 12.7. The fraction of sp³-hybridized carbons (Fsp3) is 0.455. The van der Waals surface area contributed by atoms with Gasteiger partial charge in [-0.05, 0) is 32.4 Å². The van der Waals surface area contributed by atoms with Gasteiger partial charge < -0.3 is 4.74 Å². The van der Waals surface area contributed by atoms with Crippen LogP contribution in [0.4, 0.5) is 13.2 Å². The Hall–Kier alpha value is -1.19. The molecule has 1 aromatic carbocycles. The van der Waals surface area contributed by atoms with Crippen LogP contribution in [0.3, 0.4) is 0 Å². The Bertz CT molecular complexity index is 342. The lowest BCUT2D eigenvalue weighted by molar-refractivity contribution is -0.139. The van der Waals surface area contributed by atoms with E-state index in [9.17, 15) is 13.2 Å². The highest BCUT2D eigenvalue weighted by molar-refractivity contribution is 5.41. The molecule has 0 aliphatic carbocycles. The monoisotopic (exact) mass is 218 g/mol. The Morgan fingerprint density at radius 2 is 1.80 bits per heavy atom. The van der Waals surface area contributed by atoms with E-state index in [0.717, 1.165) is 0 Å². The Balaban J connectivity index is 3.21. The van der Waals surface area contributed by atoms with E-state index in [1.807, 2.05) is 0 Å². The Morgan fingerprint density at radius 3 is 2.27 bits per heavy atom. The first kappa shape index (κ1) is 11.9. The third kappa shape index (κ3) is 2.88. The number of ether oxygens (including phenoxy) is 1. The van der Waals surface area contributed by atoms with Crippen molar-refractivity contribution >= 4 is 0 Å². The van der Waals surface area contributed by atoms with Crippen LogP contribution in [-0.4, -0.2) is 6.10 Å². The van der Waals surface area contributed by atoms with E-state index in [1.165, 1.54) is 19.1 Å². The molecule has 84 valence electrons. The van der Waals surface area contributed by atoms with E-state index in [4.69, 9.17) is 4.74 Å². The van der Waals surface area contributed by atoms with E-state index in [1.54, 1.807) is 19.9 Å². The molecule has 0 aliphatic rings. The Kier molecular flexibility index (Phi) is 3.27. The number of hydrogen-bond donors (Lipinski definition) is 0. The Morgan fingerprint density at radius 1 is 1.20 bits per heavy atom. The SMILES string of the molecule is Cc1cccc(OC(C)C)c1C(F)(F)F. The van der Waals surface area contributed by atoms with Crippen LogP contribution in [0.5, 0.6) is 5.75 Å². The van der Waals surface area contributed by atoms with Gasteiger partial charge in [-0.1, -0.05) is 12.1 Å². The maximum Gasteiger partial charge on any atom is 0.420 e. The zero-order valence-electron chi connectivity index (χ0n) is 8.85. The molecule has 1 nitrogen and oxygen atoms in total. The van der Waals surface area contributed by atoms with Crippen molar-refractivity contribution in [2.24, 2.45) is 0 Å². The van der Waals surface area contributed by atoms with Gasteiger partial charge in [-0.25, -0.2) is 0 Å². The summed E-state index contributed by atoms with van der Waals surface area (Å²) in [4.78, 5) is 0. The fourth-order valence-corrected chi connectivity index (χ4v) is 1.36. The minimum atomic E-state index is -4.37. The van der Waals surface area contributed by atoms with Crippen LogP contribution in [0, 0.1) is 6.92 Å². The summed E-state index contributed by atoms with van der Waals surface area (Å²) >= 11 is 0. The Labute approximate surface area is 86.9 Å². The molecule has 1 rings (SSSR count). The van der Waals surface area contributed by atoms with Gasteiger partial charge in [-0.3, -0.25) is 0 Å². The van der Waals surface area contributed by atoms with Crippen LogP contribution in [0.1, 0.15) is 25.0 Å². The first-order chi connectivity index (χ1) is 6.82. The summed E-state index contributed by atoms with van der Waals surface area (Å²) in [6, 6.07) is 4.33. The molecule has 4 heteroatoms. The second-order valence-corrected chi connectivity index (χ2v) is 3.61. The minimum absolute atomic E-state index is 0.0995. The molecule has 0 amide bonds. The zero-order valence-corrected chi connectivity index (χ0v) is 8.85. The summed E-state index contributed by atoms with van der Waals surface area (Å²) in [7, 11) is 0. The van der Waals surface area contributed by atoms with Gasteiger partial charge in [-0.15, -0.1) is 0 Å². The average Bonchev–Trinajstić information content (AvgIpc) is 1.99. The third-order valence-electron chi connectivity index (χ3n) is 1.88. The zero-order chi connectivity index (χ0) is 11.6. The van der Waals surface area contributed by atoms with Gasteiger partial charge in [-0.2, -0.15) is 13.2 Å². The van der Waals surface area contributed by atoms with Gasteiger partial charge in [0.2, 0.25) is 0 Å². The first-order valence-electron chi connectivity index (χ1n) is 4.66. The molecule has 0 N–H and O–H groups in total. The summed E-state index contributed by atoms with van der Waals surface area (Å²) in [6.45, 7) is 4.82. The van der Waals surface area contributed by atoms with Crippen LogP contribution in [0.15, 0.2) is 18.2 Å². The van der Waals surface area contributed by atoms with E-state index in [2.05, 4.69) is 0 Å². The lowest BCUT2D eigenvalue weighted by Gasteiger charge is -2.17. The predicted molar refractivity (Wildman–Crippen MR) is 51.9 cm³/mol. The highest BCUT2D eigenvalue weighted by atomic mass is 19.4. The molecule has 0 bridgehead atoms. The topological polar surface area (TPSA) is 9.23 Å². The maximum absolute atomic E-state index is 12.7. The van der Waals surface area contributed by atoms with Gasteiger partial charge in [0, 0.05) is 0 Å². The summed E-state index contributed by atoms with van der Waals surface area (Å²) < 4.78 is 43.2. The molecule has 0 fully saturated rings. The number of alkyl halides is 3. The van der Waals surface area contributed by atoms with Gasteiger partial charge in [0.05, 0.1) is 6.10 Å². The lowest BCUT2D eigenvalue weighted by Crippen LogP contribution is -2.14. The summed E-state index contributed by atoms with van der Waals surface area (Å²) in [5.74, 6) is -0.0995. The van der Waals surface area contributed by atoms with Crippen LogP contribution in [0.25, 0.3) is 0 Å². The van der Waals surface area contributed by atoms with Crippen LogP contribution in [0.2, 0.25) is 0 Å².